The molecule has 1 heterocycles. The van der Waals surface area contributed by atoms with Crippen molar-refractivity contribution in [3.05, 3.63) is 23.8 Å². The molecule has 0 saturated heterocycles. The lowest BCUT2D eigenvalue weighted by molar-refractivity contribution is -0.146. The minimum atomic E-state index is -0.377. The SMILES string of the molecule is CCC1CN(C(CC)C(=O)OCC(C)C)c2cc(C(C)=O)ccc2O1. The van der Waals surface area contributed by atoms with Crippen LogP contribution >= 0.6 is 0 Å². The lowest BCUT2D eigenvalue weighted by Gasteiger charge is -2.39. The van der Waals surface area contributed by atoms with Gasteiger partial charge in [-0.05, 0) is 43.9 Å². The molecule has 2 atom stereocenters. The first kappa shape index (κ1) is 19.3. The number of carbonyl (C=O) groups is 2. The van der Waals surface area contributed by atoms with E-state index in [9.17, 15) is 9.59 Å². The van der Waals surface area contributed by atoms with Crippen molar-refractivity contribution >= 4 is 17.4 Å². The van der Waals surface area contributed by atoms with Crippen molar-refractivity contribution in [2.45, 2.75) is 59.6 Å². The second-order valence-corrected chi connectivity index (χ2v) is 6.99. The van der Waals surface area contributed by atoms with Crippen molar-refractivity contribution in [3.8, 4) is 5.75 Å². The van der Waals surface area contributed by atoms with Crippen molar-refractivity contribution in [3.63, 3.8) is 0 Å². The first-order valence-corrected chi connectivity index (χ1v) is 9.12. The van der Waals surface area contributed by atoms with Crippen LogP contribution in [0.25, 0.3) is 0 Å². The number of esters is 1. The lowest BCUT2D eigenvalue weighted by atomic mass is 10.0. The zero-order valence-corrected chi connectivity index (χ0v) is 15.9. The number of anilines is 1. The van der Waals surface area contributed by atoms with Crippen LogP contribution in [0.2, 0.25) is 0 Å². The molecule has 0 saturated carbocycles. The highest BCUT2D eigenvalue weighted by atomic mass is 16.5. The van der Waals surface area contributed by atoms with Gasteiger partial charge in [0.1, 0.15) is 17.9 Å². The Balaban J connectivity index is 2.35. The average molecular weight is 347 g/mol. The van der Waals surface area contributed by atoms with E-state index in [4.69, 9.17) is 9.47 Å². The smallest absolute Gasteiger partial charge is 0.328 e. The number of carbonyl (C=O) groups excluding carboxylic acids is 2. The average Bonchev–Trinajstić information content (AvgIpc) is 2.59. The number of nitrogens with zero attached hydrogens (tertiary/aromatic N) is 1. The number of hydrogen-bond acceptors (Lipinski definition) is 5. The Morgan fingerprint density at radius 1 is 1.32 bits per heavy atom. The second-order valence-electron chi connectivity index (χ2n) is 6.99. The molecule has 0 bridgehead atoms. The summed E-state index contributed by atoms with van der Waals surface area (Å²) in [5, 5.41) is 0. The molecule has 2 unspecified atom stereocenters. The van der Waals surface area contributed by atoms with E-state index in [2.05, 4.69) is 6.92 Å². The Bertz CT molecular complexity index is 626. The summed E-state index contributed by atoms with van der Waals surface area (Å²) in [4.78, 5) is 26.4. The number of benzene rings is 1. The van der Waals surface area contributed by atoms with Crippen LogP contribution in [-0.2, 0) is 9.53 Å². The molecular weight excluding hydrogens is 318 g/mol. The molecule has 0 spiro atoms. The maximum Gasteiger partial charge on any atom is 0.328 e. The van der Waals surface area contributed by atoms with E-state index >= 15 is 0 Å². The van der Waals surface area contributed by atoms with Gasteiger partial charge in [0, 0.05) is 5.56 Å². The summed E-state index contributed by atoms with van der Waals surface area (Å²) in [6.07, 6.45) is 1.50. The molecule has 138 valence electrons. The molecule has 0 aliphatic carbocycles. The molecule has 1 aliphatic rings. The number of fused-ring (bicyclic) bond motifs is 1. The molecule has 5 nitrogen and oxygen atoms in total. The van der Waals surface area contributed by atoms with Crippen molar-refractivity contribution < 1.29 is 19.1 Å². The van der Waals surface area contributed by atoms with Crippen molar-refractivity contribution in [1.29, 1.82) is 0 Å². The topological polar surface area (TPSA) is 55.8 Å². The molecule has 25 heavy (non-hydrogen) atoms. The van der Waals surface area contributed by atoms with Crippen LogP contribution in [0.3, 0.4) is 0 Å². The molecule has 0 fully saturated rings. The summed E-state index contributed by atoms with van der Waals surface area (Å²) in [7, 11) is 0. The number of rotatable bonds is 7. The molecular formula is C20H29NO4. The van der Waals surface area contributed by atoms with Gasteiger partial charge in [0.15, 0.2) is 5.78 Å². The van der Waals surface area contributed by atoms with Gasteiger partial charge in [-0.2, -0.15) is 0 Å². The Morgan fingerprint density at radius 3 is 2.60 bits per heavy atom. The fourth-order valence-corrected chi connectivity index (χ4v) is 2.96. The number of ether oxygens (including phenoxy) is 2. The van der Waals surface area contributed by atoms with E-state index in [0.717, 1.165) is 17.9 Å². The van der Waals surface area contributed by atoms with Crippen LogP contribution in [-0.4, -0.2) is 37.0 Å². The zero-order valence-electron chi connectivity index (χ0n) is 15.9. The summed E-state index contributed by atoms with van der Waals surface area (Å²) in [6.45, 7) is 10.6. The van der Waals surface area contributed by atoms with Crippen molar-refractivity contribution in [2.75, 3.05) is 18.1 Å². The highest BCUT2D eigenvalue weighted by molar-refractivity contribution is 5.96. The van der Waals surface area contributed by atoms with Crippen LogP contribution in [0.4, 0.5) is 5.69 Å². The van der Waals surface area contributed by atoms with E-state index in [-0.39, 0.29) is 23.9 Å². The third-order valence-electron chi connectivity index (χ3n) is 4.42. The van der Waals surface area contributed by atoms with Gasteiger partial charge in [0.2, 0.25) is 0 Å². The molecule has 0 amide bonds. The van der Waals surface area contributed by atoms with Gasteiger partial charge >= 0.3 is 5.97 Å². The van der Waals surface area contributed by atoms with Crippen LogP contribution in [0.5, 0.6) is 5.75 Å². The van der Waals surface area contributed by atoms with Crippen LogP contribution in [0.1, 0.15) is 57.8 Å². The number of hydrogen-bond donors (Lipinski definition) is 0. The van der Waals surface area contributed by atoms with Gasteiger partial charge in [0.25, 0.3) is 0 Å². The molecule has 1 aliphatic heterocycles. The molecule has 5 heteroatoms. The number of ketones is 1. The predicted octanol–water partition coefficient (Wildman–Crippen LogP) is 3.84. The van der Waals surface area contributed by atoms with Crippen LogP contribution in [0, 0.1) is 5.92 Å². The van der Waals surface area contributed by atoms with Crippen molar-refractivity contribution in [1.82, 2.24) is 0 Å². The minimum absolute atomic E-state index is 0.00389. The zero-order chi connectivity index (χ0) is 18.6. The molecule has 2 rings (SSSR count). The Hall–Kier alpha value is -2.04. The summed E-state index contributed by atoms with van der Waals surface area (Å²) in [6, 6.07) is 5.04. The van der Waals surface area contributed by atoms with Gasteiger partial charge in [-0.3, -0.25) is 4.79 Å². The molecule has 0 aromatic heterocycles. The molecule has 1 aromatic rings. The van der Waals surface area contributed by atoms with Gasteiger partial charge in [0.05, 0.1) is 18.8 Å². The molecule has 0 radical (unpaired) electrons. The summed E-state index contributed by atoms with van der Waals surface area (Å²) < 4.78 is 11.5. The Labute approximate surface area is 150 Å². The van der Waals surface area contributed by atoms with Gasteiger partial charge in [-0.25, -0.2) is 4.79 Å². The van der Waals surface area contributed by atoms with Crippen LogP contribution in [0.15, 0.2) is 18.2 Å². The van der Waals surface area contributed by atoms with E-state index in [1.165, 1.54) is 0 Å². The highest BCUT2D eigenvalue weighted by Gasteiger charge is 2.34. The normalized spacial score (nSPS) is 17.7. The lowest BCUT2D eigenvalue weighted by Crippen LogP contribution is -2.49. The highest BCUT2D eigenvalue weighted by Crippen LogP contribution is 2.37. The largest absolute Gasteiger partial charge is 0.486 e. The fraction of sp³-hybridized carbons (Fsp3) is 0.600. The number of Topliss-reactive ketones (excluding diaryl/α,β-unsaturated/α-hetero) is 1. The van der Waals surface area contributed by atoms with E-state index < -0.39 is 0 Å². The first-order chi connectivity index (χ1) is 11.9. The predicted molar refractivity (Wildman–Crippen MR) is 98.4 cm³/mol. The maximum atomic E-state index is 12.6. The third-order valence-corrected chi connectivity index (χ3v) is 4.42. The van der Waals surface area contributed by atoms with E-state index in [0.29, 0.717) is 31.1 Å². The van der Waals surface area contributed by atoms with Gasteiger partial charge < -0.3 is 14.4 Å². The summed E-state index contributed by atoms with van der Waals surface area (Å²) >= 11 is 0. The molecule has 0 N–H and O–H groups in total. The Kier molecular flexibility index (Phi) is 6.45. The second kappa shape index (κ2) is 8.37. The van der Waals surface area contributed by atoms with Gasteiger partial charge in [-0.1, -0.05) is 27.7 Å². The Morgan fingerprint density at radius 2 is 2.04 bits per heavy atom. The monoisotopic (exact) mass is 347 g/mol. The summed E-state index contributed by atoms with van der Waals surface area (Å²) in [5.74, 6) is 0.798. The molecule has 1 aromatic carbocycles. The van der Waals surface area contributed by atoms with Crippen molar-refractivity contribution in [2.24, 2.45) is 5.92 Å². The van der Waals surface area contributed by atoms with E-state index in [1.54, 1.807) is 13.0 Å². The third kappa shape index (κ3) is 4.53. The van der Waals surface area contributed by atoms with E-state index in [1.807, 2.05) is 37.8 Å². The first-order valence-electron chi connectivity index (χ1n) is 9.12. The van der Waals surface area contributed by atoms with Crippen LogP contribution < -0.4 is 9.64 Å². The van der Waals surface area contributed by atoms with Gasteiger partial charge in [-0.15, -0.1) is 0 Å². The summed E-state index contributed by atoms with van der Waals surface area (Å²) in [5.41, 5.74) is 1.42. The maximum absolute atomic E-state index is 12.6. The standard InChI is InChI=1S/C20H29NO4/c1-6-16-11-21(17(7-2)20(23)24-12-13(3)4)18-10-15(14(5)22)8-9-19(18)25-16/h8-10,13,16-17H,6-7,11-12H2,1-5H3. The quantitative estimate of drug-likeness (QED) is 0.554. The fourth-order valence-electron chi connectivity index (χ4n) is 2.96. The minimum Gasteiger partial charge on any atom is -0.486 e.